The molecule has 0 fully saturated rings. The minimum absolute atomic E-state index is 0.511. The maximum atomic E-state index is 12.3. The Labute approximate surface area is 99.8 Å². The topological polar surface area (TPSA) is 30.7 Å². The molecule has 3 nitrogen and oxygen atoms in total. The predicted octanol–water partition coefficient (Wildman–Crippen LogP) is 3.25. The van der Waals surface area contributed by atoms with Crippen LogP contribution >= 0.6 is 11.6 Å². The summed E-state index contributed by atoms with van der Waals surface area (Å²) in [5, 5.41) is 7.05. The summed E-state index contributed by atoms with van der Waals surface area (Å²) in [7, 11) is 0. The molecule has 1 aromatic heterocycles. The number of hydrogen-bond acceptors (Lipinski definition) is 2. The molecule has 0 aliphatic rings. The maximum Gasteiger partial charge on any atom is 0.436 e. The van der Waals surface area contributed by atoms with E-state index in [1.54, 1.807) is 25.1 Å². The highest BCUT2D eigenvalue weighted by Crippen LogP contribution is 2.28. The number of benzene rings is 1. The summed E-state index contributed by atoms with van der Waals surface area (Å²) in [5.41, 5.74) is 0.209. The number of alkyl halides is 3. The summed E-state index contributed by atoms with van der Waals surface area (Å²) in [6.45, 7) is 1.73. The smallest absolute Gasteiger partial charge is 0.220 e. The molecule has 0 N–H and O–H groups in total. The van der Waals surface area contributed by atoms with Crippen LogP contribution < -0.4 is 0 Å². The Hall–Kier alpha value is -1.56. The van der Waals surface area contributed by atoms with Gasteiger partial charge in [-0.25, -0.2) is 4.68 Å². The summed E-state index contributed by atoms with van der Waals surface area (Å²) >= 11 is 5.76. The minimum Gasteiger partial charge on any atom is -0.220 e. The fourth-order valence-corrected chi connectivity index (χ4v) is 1.61. The van der Waals surface area contributed by atoms with Gasteiger partial charge in [-0.05, 0) is 30.7 Å². The Morgan fingerprint density at radius 2 is 2.00 bits per heavy atom. The molecular formula is C10H7ClF3N3. The number of halogens is 4. The average Bonchev–Trinajstić information content (AvgIpc) is 2.65. The molecule has 0 unspecified atom stereocenters. The number of aromatic nitrogens is 3. The van der Waals surface area contributed by atoms with Crippen molar-refractivity contribution in [1.29, 1.82) is 0 Å². The highest BCUT2D eigenvalue weighted by atomic mass is 35.5. The second-order valence-corrected chi connectivity index (χ2v) is 3.91. The molecule has 17 heavy (non-hydrogen) atoms. The molecule has 0 saturated carbocycles. The maximum absolute atomic E-state index is 12.3. The molecule has 2 aromatic rings. The first-order valence-corrected chi connectivity index (χ1v) is 5.02. The number of nitrogens with zero attached hydrogens (tertiary/aromatic N) is 3. The van der Waals surface area contributed by atoms with Crippen LogP contribution in [0.5, 0.6) is 0 Å². The van der Waals surface area contributed by atoms with Gasteiger partial charge in [0.2, 0.25) is 0 Å². The van der Waals surface area contributed by atoms with Crippen LogP contribution in [-0.2, 0) is 6.18 Å². The summed E-state index contributed by atoms with van der Waals surface area (Å²) in [6, 6.07) is 4.82. The molecule has 0 saturated heterocycles. The van der Waals surface area contributed by atoms with Crippen LogP contribution in [0, 0.1) is 6.92 Å². The van der Waals surface area contributed by atoms with Crippen molar-refractivity contribution < 1.29 is 13.2 Å². The highest BCUT2D eigenvalue weighted by molar-refractivity contribution is 6.30. The van der Waals surface area contributed by atoms with E-state index in [1.807, 2.05) is 0 Å². The van der Waals surface area contributed by atoms with Crippen LogP contribution in [0.3, 0.4) is 0 Å². The fraction of sp³-hybridized carbons (Fsp3) is 0.200. The van der Waals surface area contributed by atoms with Gasteiger partial charge in [-0.2, -0.15) is 13.2 Å². The Kier molecular flexibility index (Phi) is 2.82. The van der Waals surface area contributed by atoms with Gasteiger partial charge in [0.05, 0.1) is 11.9 Å². The first-order valence-electron chi connectivity index (χ1n) is 4.64. The lowest BCUT2D eigenvalue weighted by molar-refractivity contribution is -0.141. The Morgan fingerprint density at radius 3 is 2.53 bits per heavy atom. The van der Waals surface area contributed by atoms with E-state index in [4.69, 9.17) is 11.6 Å². The van der Waals surface area contributed by atoms with Gasteiger partial charge in [-0.15, -0.1) is 5.10 Å². The third-order valence-electron chi connectivity index (χ3n) is 2.19. The molecule has 1 aromatic carbocycles. The Bertz CT molecular complexity index is 548. The van der Waals surface area contributed by atoms with Crippen LogP contribution in [0.15, 0.2) is 24.4 Å². The normalized spacial score (nSPS) is 11.8. The lowest BCUT2D eigenvalue weighted by atomic mass is 10.2. The fourth-order valence-electron chi connectivity index (χ4n) is 1.39. The van der Waals surface area contributed by atoms with Crippen molar-refractivity contribution in [1.82, 2.24) is 15.0 Å². The first-order chi connectivity index (χ1) is 7.88. The Balaban J connectivity index is 2.44. The quantitative estimate of drug-likeness (QED) is 0.789. The summed E-state index contributed by atoms with van der Waals surface area (Å²) in [6.07, 6.45) is -3.64. The van der Waals surface area contributed by atoms with E-state index in [9.17, 15) is 13.2 Å². The molecule has 0 spiro atoms. The molecule has 0 bridgehead atoms. The minimum atomic E-state index is -4.49. The largest absolute Gasteiger partial charge is 0.436 e. The van der Waals surface area contributed by atoms with E-state index in [0.29, 0.717) is 10.7 Å². The summed E-state index contributed by atoms with van der Waals surface area (Å²) < 4.78 is 38.1. The van der Waals surface area contributed by atoms with E-state index in [2.05, 4.69) is 10.3 Å². The van der Waals surface area contributed by atoms with Crippen LogP contribution in [0.4, 0.5) is 13.2 Å². The van der Waals surface area contributed by atoms with Gasteiger partial charge >= 0.3 is 6.18 Å². The van der Waals surface area contributed by atoms with Gasteiger partial charge in [-0.1, -0.05) is 16.8 Å². The van der Waals surface area contributed by atoms with E-state index in [-0.39, 0.29) is 0 Å². The van der Waals surface area contributed by atoms with Crippen LogP contribution in [0.2, 0.25) is 5.02 Å². The average molecular weight is 262 g/mol. The second-order valence-electron chi connectivity index (χ2n) is 3.48. The Morgan fingerprint density at radius 1 is 1.29 bits per heavy atom. The standard InChI is InChI=1S/C10H7ClF3N3/c1-6-4-7(11)2-3-8(6)17-5-9(15-16-17)10(12,13)14/h2-5H,1H3. The van der Waals surface area contributed by atoms with Crippen molar-refractivity contribution >= 4 is 11.6 Å². The van der Waals surface area contributed by atoms with Crippen molar-refractivity contribution in [3.05, 3.63) is 40.7 Å². The zero-order chi connectivity index (χ0) is 12.6. The molecule has 2 rings (SSSR count). The molecule has 0 aliphatic carbocycles. The molecular weight excluding hydrogens is 255 g/mol. The number of rotatable bonds is 1. The molecule has 7 heteroatoms. The van der Waals surface area contributed by atoms with Gasteiger partial charge in [0.15, 0.2) is 5.69 Å². The highest BCUT2D eigenvalue weighted by Gasteiger charge is 2.34. The lowest BCUT2D eigenvalue weighted by Gasteiger charge is -2.04. The summed E-state index contributed by atoms with van der Waals surface area (Å²) in [4.78, 5) is 0. The van der Waals surface area contributed by atoms with Gasteiger partial charge < -0.3 is 0 Å². The van der Waals surface area contributed by atoms with E-state index < -0.39 is 11.9 Å². The molecule has 0 amide bonds. The monoisotopic (exact) mass is 261 g/mol. The SMILES string of the molecule is Cc1cc(Cl)ccc1-n1cc(C(F)(F)F)nn1. The van der Waals surface area contributed by atoms with Crippen molar-refractivity contribution in [2.75, 3.05) is 0 Å². The molecule has 0 radical (unpaired) electrons. The van der Waals surface area contributed by atoms with E-state index in [1.165, 1.54) is 0 Å². The third-order valence-corrected chi connectivity index (χ3v) is 2.42. The molecule has 1 heterocycles. The van der Waals surface area contributed by atoms with Crippen molar-refractivity contribution in [3.8, 4) is 5.69 Å². The van der Waals surface area contributed by atoms with E-state index >= 15 is 0 Å². The van der Waals surface area contributed by atoms with Gasteiger partial charge in [-0.3, -0.25) is 0 Å². The van der Waals surface area contributed by atoms with Crippen molar-refractivity contribution in [3.63, 3.8) is 0 Å². The number of hydrogen-bond donors (Lipinski definition) is 0. The van der Waals surface area contributed by atoms with Crippen LogP contribution in [0.25, 0.3) is 5.69 Å². The van der Waals surface area contributed by atoms with Crippen molar-refractivity contribution in [2.24, 2.45) is 0 Å². The number of aryl methyl sites for hydroxylation is 1. The lowest BCUT2D eigenvalue weighted by Crippen LogP contribution is -2.05. The second kappa shape index (κ2) is 4.03. The predicted molar refractivity (Wildman–Crippen MR) is 56.1 cm³/mol. The molecule has 0 atom stereocenters. The third kappa shape index (κ3) is 2.41. The van der Waals surface area contributed by atoms with Gasteiger partial charge in [0.25, 0.3) is 0 Å². The zero-order valence-corrected chi connectivity index (χ0v) is 9.42. The van der Waals surface area contributed by atoms with Crippen LogP contribution in [-0.4, -0.2) is 15.0 Å². The zero-order valence-electron chi connectivity index (χ0n) is 8.66. The van der Waals surface area contributed by atoms with E-state index in [0.717, 1.165) is 16.4 Å². The van der Waals surface area contributed by atoms with Crippen molar-refractivity contribution in [2.45, 2.75) is 13.1 Å². The first kappa shape index (κ1) is 11.9. The van der Waals surface area contributed by atoms with Gasteiger partial charge in [0.1, 0.15) is 0 Å². The molecule has 0 aliphatic heterocycles. The molecule has 90 valence electrons. The summed E-state index contributed by atoms with van der Waals surface area (Å²) in [5.74, 6) is 0. The van der Waals surface area contributed by atoms with Crippen LogP contribution in [0.1, 0.15) is 11.3 Å². The van der Waals surface area contributed by atoms with Gasteiger partial charge in [0, 0.05) is 5.02 Å².